The van der Waals surface area contributed by atoms with Crippen LogP contribution in [-0.2, 0) is 0 Å². The van der Waals surface area contributed by atoms with E-state index in [-0.39, 0.29) is 20.3 Å². The number of rotatable bonds is 4. The molecule has 17 heavy (non-hydrogen) atoms. The van der Waals surface area contributed by atoms with E-state index < -0.39 is 0 Å². The van der Waals surface area contributed by atoms with E-state index >= 15 is 0 Å². The largest absolute Gasteiger partial charge is 0.300 e. The molecule has 2 nitrogen and oxygen atoms in total. The zero-order valence-electron chi connectivity index (χ0n) is 9.09. The van der Waals surface area contributed by atoms with Crippen molar-refractivity contribution in [2.75, 3.05) is 0 Å². The third-order valence-corrected chi connectivity index (χ3v) is 3.33. The highest BCUT2D eigenvalue weighted by Gasteiger charge is 2.14. The highest BCUT2D eigenvalue weighted by atomic mass is 28.2. The van der Waals surface area contributed by atoms with Crippen molar-refractivity contribution in [3.63, 3.8) is 0 Å². The van der Waals surface area contributed by atoms with Crippen LogP contribution in [-0.4, -0.2) is 20.3 Å². The average Bonchev–Trinajstić information content (AvgIpc) is 2.40. The van der Waals surface area contributed by atoms with Crippen molar-refractivity contribution >= 4 is 20.3 Å². The first kappa shape index (κ1) is 11.5. The van der Waals surface area contributed by atoms with Crippen LogP contribution in [0.1, 0.15) is 20.7 Å². The van der Waals surface area contributed by atoms with Gasteiger partial charge in [-0.15, -0.1) is 0 Å². The van der Waals surface area contributed by atoms with Crippen LogP contribution in [0.2, 0.25) is 0 Å². The van der Waals surface area contributed by atoms with Gasteiger partial charge in [0.1, 0.15) is 10.8 Å². The standard InChI is InChI=1S/C14H10O2Si/c15-13(11-7-3-1-4-8-11)17-14(16)12-9-5-2-6-10-12/h1-10H. The Bertz CT molecular complexity index is 471. The predicted octanol–water partition coefficient (Wildman–Crippen LogP) is 2.37. The van der Waals surface area contributed by atoms with Crippen molar-refractivity contribution in [1.29, 1.82) is 0 Å². The summed E-state index contributed by atoms with van der Waals surface area (Å²) in [5.41, 5.74) is 1.19. The Morgan fingerprint density at radius 1 is 0.647 bits per heavy atom. The molecule has 0 aliphatic heterocycles. The van der Waals surface area contributed by atoms with Gasteiger partial charge in [-0.3, -0.25) is 0 Å². The number of hydrogen-bond acceptors (Lipinski definition) is 2. The fraction of sp³-hybridized carbons (Fsp3) is 0. The molecule has 3 heteroatoms. The van der Waals surface area contributed by atoms with Crippen molar-refractivity contribution in [2.24, 2.45) is 0 Å². The maximum Gasteiger partial charge on any atom is 0.236 e. The quantitative estimate of drug-likeness (QED) is 0.766. The Hall–Kier alpha value is -2.00. The van der Waals surface area contributed by atoms with Gasteiger partial charge in [-0.05, 0) is 0 Å². The van der Waals surface area contributed by atoms with E-state index in [9.17, 15) is 9.59 Å². The van der Waals surface area contributed by atoms with Gasteiger partial charge < -0.3 is 9.59 Å². The zero-order chi connectivity index (χ0) is 12.1. The van der Waals surface area contributed by atoms with Gasteiger partial charge in [0.05, 0.1) is 0 Å². The molecule has 0 fully saturated rings. The van der Waals surface area contributed by atoms with Crippen LogP contribution in [0.5, 0.6) is 0 Å². The van der Waals surface area contributed by atoms with Crippen molar-refractivity contribution < 1.29 is 9.59 Å². The average molecular weight is 238 g/mol. The summed E-state index contributed by atoms with van der Waals surface area (Å²) in [6, 6.07) is 17.8. The summed E-state index contributed by atoms with van der Waals surface area (Å²) >= 11 is 0. The summed E-state index contributed by atoms with van der Waals surface area (Å²) in [4.78, 5) is 23.6. The maximum atomic E-state index is 11.8. The molecule has 0 aliphatic rings. The second-order valence-corrected chi connectivity index (χ2v) is 4.67. The third kappa shape index (κ3) is 2.98. The lowest BCUT2D eigenvalue weighted by molar-refractivity contribution is 0.104. The van der Waals surface area contributed by atoms with Gasteiger partial charge in [-0.2, -0.15) is 0 Å². The molecule has 0 unspecified atom stereocenters. The SMILES string of the molecule is O=C([Si]C(=O)c1ccccc1)c1ccccc1. The van der Waals surface area contributed by atoms with Gasteiger partial charge in [0.25, 0.3) is 0 Å². The second kappa shape index (κ2) is 5.36. The molecule has 0 bridgehead atoms. The first-order valence-electron chi connectivity index (χ1n) is 5.23. The second-order valence-electron chi connectivity index (χ2n) is 3.52. The molecule has 82 valence electrons. The summed E-state index contributed by atoms with van der Waals surface area (Å²) in [6.07, 6.45) is 0. The van der Waals surface area contributed by atoms with Gasteiger partial charge >= 0.3 is 0 Å². The number of hydrogen-bond donors (Lipinski definition) is 0. The van der Waals surface area contributed by atoms with Crippen LogP contribution in [0, 0.1) is 0 Å². The Balaban J connectivity index is 2.08. The van der Waals surface area contributed by atoms with Crippen molar-refractivity contribution in [2.45, 2.75) is 0 Å². The van der Waals surface area contributed by atoms with Crippen molar-refractivity contribution in [3.8, 4) is 0 Å². The third-order valence-electron chi connectivity index (χ3n) is 2.30. The smallest absolute Gasteiger partial charge is 0.236 e. The summed E-state index contributed by atoms with van der Waals surface area (Å²) in [7, 11) is -0.343. The van der Waals surface area contributed by atoms with Crippen molar-refractivity contribution in [3.05, 3.63) is 71.8 Å². The molecule has 0 saturated carbocycles. The molecule has 0 aromatic heterocycles. The molecule has 2 rings (SSSR count). The molecule has 0 amide bonds. The van der Waals surface area contributed by atoms with Crippen LogP contribution in [0.15, 0.2) is 60.7 Å². The number of benzene rings is 2. The molecule has 0 spiro atoms. The normalized spacial score (nSPS) is 9.88. The Morgan fingerprint density at radius 2 is 1.00 bits per heavy atom. The fourth-order valence-electron chi connectivity index (χ4n) is 1.43. The lowest BCUT2D eigenvalue weighted by Gasteiger charge is -1.99. The van der Waals surface area contributed by atoms with E-state index in [2.05, 4.69) is 0 Å². The van der Waals surface area contributed by atoms with Crippen LogP contribution in [0.4, 0.5) is 0 Å². The van der Waals surface area contributed by atoms with E-state index in [0.29, 0.717) is 11.1 Å². The van der Waals surface area contributed by atoms with E-state index in [1.807, 2.05) is 12.1 Å². The summed E-state index contributed by atoms with van der Waals surface area (Å²) in [6.45, 7) is 0. The van der Waals surface area contributed by atoms with Gasteiger partial charge in [0.2, 0.25) is 9.52 Å². The van der Waals surface area contributed by atoms with E-state index in [1.165, 1.54) is 0 Å². The van der Waals surface area contributed by atoms with Crippen LogP contribution in [0.25, 0.3) is 0 Å². The molecular weight excluding hydrogens is 228 g/mol. The highest BCUT2D eigenvalue weighted by Crippen LogP contribution is 2.03. The molecular formula is C14H10O2Si. The molecule has 2 radical (unpaired) electrons. The lowest BCUT2D eigenvalue weighted by atomic mass is 10.2. The molecule has 0 atom stereocenters. The van der Waals surface area contributed by atoms with Gasteiger partial charge in [0, 0.05) is 11.1 Å². The van der Waals surface area contributed by atoms with Gasteiger partial charge in [-0.25, -0.2) is 0 Å². The Labute approximate surface area is 102 Å². The number of carbonyl (C=O) groups is 2. The van der Waals surface area contributed by atoms with Crippen LogP contribution in [0.3, 0.4) is 0 Å². The zero-order valence-corrected chi connectivity index (χ0v) is 10.1. The van der Waals surface area contributed by atoms with Crippen molar-refractivity contribution in [1.82, 2.24) is 0 Å². The molecule has 2 aromatic rings. The molecule has 0 heterocycles. The van der Waals surface area contributed by atoms with Gasteiger partial charge in [-0.1, -0.05) is 60.7 Å². The lowest BCUT2D eigenvalue weighted by Crippen LogP contribution is -2.20. The first-order chi connectivity index (χ1) is 8.27. The molecule has 0 N–H and O–H groups in total. The van der Waals surface area contributed by atoms with E-state index in [1.54, 1.807) is 48.5 Å². The minimum absolute atomic E-state index is 0.112. The monoisotopic (exact) mass is 238 g/mol. The summed E-state index contributed by atoms with van der Waals surface area (Å²) in [5, 5.41) is -0.223. The molecule has 0 saturated heterocycles. The fourth-order valence-corrected chi connectivity index (χ4v) is 2.25. The minimum atomic E-state index is -0.343. The summed E-state index contributed by atoms with van der Waals surface area (Å²) in [5.74, 6) is 0. The molecule has 0 aliphatic carbocycles. The van der Waals surface area contributed by atoms with E-state index in [4.69, 9.17) is 0 Å². The summed E-state index contributed by atoms with van der Waals surface area (Å²) < 4.78 is 0. The number of carbonyl (C=O) groups excluding carboxylic acids is 2. The highest BCUT2D eigenvalue weighted by molar-refractivity contribution is 7.01. The Morgan fingerprint density at radius 3 is 1.35 bits per heavy atom. The first-order valence-corrected chi connectivity index (χ1v) is 6.23. The van der Waals surface area contributed by atoms with E-state index in [0.717, 1.165) is 0 Å². The van der Waals surface area contributed by atoms with Gasteiger partial charge in [0.15, 0.2) is 0 Å². The maximum absolute atomic E-state index is 11.8. The van der Waals surface area contributed by atoms with Crippen LogP contribution < -0.4 is 0 Å². The topological polar surface area (TPSA) is 34.1 Å². The molecule has 2 aromatic carbocycles. The minimum Gasteiger partial charge on any atom is -0.300 e. The Kier molecular flexibility index (Phi) is 3.62. The van der Waals surface area contributed by atoms with Crippen LogP contribution >= 0.6 is 0 Å². The predicted molar refractivity (Wildman–Crippen MR) is 67.3 cm³/mol.